The van der Waals surface area contributed by atoms with Gasteiger partial charge in [-0.3, -0.25) is 0 Å². The van der Waals surface area contributed by atoms with Crippen LogP contribution in [0.4, 0.5) is 5.69 Å². The largest absolute Gasteiger partial charge is 0.398 e. The molecule has 1 atom stereocenters. The van der Waals surface area contributed by atoms with Gasteiger partial charge in [0.25, 0.3) is 0 Å². The lowest BCUT2D eigenvalue weighted by Gasteiger charge is -2.31. The first-order valence-corrected chi connectivity index (χ1v) is 6.85. The summed E-state index contributed by atoms with van der Waals surface area (Å²) in [4.78, 5) is 2.51. The van der Waals surface area contributed by atoms with Gasteiger partial charge in [0.2, 0.25) is 0 Å². The van der Waals surface area contributed by atoms with E-state index >= 15 is 0 Å². The number of anilines is 1. The number of fused-ring (bicyclic) bond motifs is 1. The van der Waals surface area contributed by atoms with Gasteiger partial charge in [0.1, 0.15) is 0 Å². The quantitative estimate of drug-likeness (QED) is 0.809. The molecule has 0 heterocycles. The summed E-state index contributed by atoms with van der Waals surface area (Å²) in [6, 6.07) is 6.40. The highest BCUT2D eigenvalue weighted by atomic mass is 15.1. The van der Waals surface area contributed by atoms with Crippen LogP contribution in [0.1, 0.15) is 43.7 Å². The Morgan fingerprint density at radius 1 is 1.29 bits per heavy atom. The van der Waals surface area contributed by atoms with Gasteiger partial charge in [-0.1, -0.05) is 26.0 Å². The van der Waals surface area contributed by atoms with Gasteiger partial charge in [0.05, 0.1) is 0 Å². The Morgan fingerprint density at radius 3 is 2.76 bits per heavy atom. The fourth-order valence-electron chi connectivity index (χ4n) is 3.01. The molecule has 0 saturated heterocycles. The Hall–Kier alpha value is -1.02. The summed E-state index contributed by atoms with van der Waals surface area (Å²) in [5.74, 6) is 0.639. The molecule has 0 aromatic heterocycles. The molecule has 1 aliphatic carbocycles. The van der Waals surface area contributed by atoms with Crippen LogP contribution < -0.4 is 5.73 Å². The molecule has 0 bridgehead atoms. The van der Waals surface area contributed by atoms with E-state index in [0.29, 0.717) is 5.92 Å². The van der Waals surface area contributed by atoms with Gasteiger partial charge in [0.15, 0.2) is 0 Å². The van der Waals surface area contributed by atoms with Gasteiger partial charge in [-0.05, 0) is 55.5 Å². The third kappa shape index (κ3) is 2.63. The number of hydrogen-bond acceptors (Lipinski definition) is 2. The summed E-state index contributed by atoms with van der Waals surface area (Å²) in [5, 5.41) is 0. The first kappa shape index (κ1) is 12.4. The van der Waals surface area contributed by atoms with E-state index in [1.807, 2.05) is 0 Å². The number of benzene rings is 1. The van der Waals surface area contributed by atoms with Crippen molar-refractivity contribution in [2.75, 3.05) is 25.4 Å². The van der Waals surface area contributed by atoms with E-state index in [0.717, 1.165) is 25.3 Å². The predicted octanol–water partition coefficient (Wildman–Crippen LogP) is 3.03. The molecular formula is C15H24N2. The Kier molecular flexibility index (Phi) is 4.06. The summed E-state index contributed by atoms with van der Waals surface area (Å²) in [6.45, 7) is 7.90. The predicted molar refractivity (Wildman–Crippen MR) is 74.3 cm³/mol. The van der Waals surface area contributed by atoms with Crippen molar-refractivity contribution in [3.05, 3.63) is 29.3 Å². The summed E-state index contributed by atoms with van der Waals surface area (Å²) >= 11 is 0. The van der Waals surface area contributed by atoms with Crippen molar-refractivity contribution in [1.82, 2.24) is 4.90 Å². The first-order valence-electron chi connectivity index (χ1n) is 6.85. The molecule has 1 aromatic rings. The Balaban J connectivity index is 2.22. The maximum Gasteiger partial charge on any atom is 0.0352 e. The Labute approximate surface area is 105 Å². The summed E-state index contributed by atoms with van der Waals surface area (Å²) in [7, 11) is 0. The second-order valence-electron chi connectivity index (χ2n) is 5.00. The molecule has 0 saturated carbocycles. The summed E-state index contributed by atoms with van der Waals surface area (Å²) in [5.41, 5.74) is 10.1. The van der Waals surface area contributed by atoms with E-state index in [9.17, 15) is 0 Å². The zero-order valence-corrected chi connectivity index (χ0v) is 11.1. The molecule has 2 heteroatoms. The van der Waals surface area contributed by atoms with Crippen LogP contribution in [-0.4, -0.2) is 24.5 Å². The number of hydrogen-bond donors (Lipinski definition) is 1. The second kappa shape index (κ2) is 5.54. The Bertz CT molecular complexity index is 369. The lowest BCUT2D eigenvalue weighted by Crippen LogP contribution is -2.30. The minimum absolute atomic E-state index is 0.639. The molecule has 94 valence electrons. The van der Waals surface area contributed by atoms with Crippen LogP contribution in [0.5, 0.6) is 0 Å². The topological polar surface area (TPSA) is 29.3 Å². The summed E-state index contributed by atoms with van der Waals surface area (Å²) in [6.07, 6.45) is 3.80. The van der Waals surface area contributed by atoms with E-state index in [1.165, 1.54) is 30.4 Å². The molecule has 0 spiro atoms. The monoisotopic (exact) mass is 232 g/mol. The van der Waals surface area contributed by atoms with Crippen LogP contribution in [-0.2, 0) is 6.42 Å². The van der Waals surface area contributed by atoms with Crippen LogP contribution in [0.2, 0.25) is 0 Å². The van der Waals surface area contributed by atoms with Crippen molar-refractivity contribution < 1.29 is 0 Å². The maximum absolute atomic E-state index is 6.17. The molecule has 0 radical (unpaired) electrons. The van der Waals surface area contributed by atoms with E-state index in [2.05, 4.69) is 36.9 Å². The second-order valence-corrected chi connectivity index (χ2v) is 5.00. The van der Waals surface area contributed by atoms with Gasteiger partial charge >= 0.3 is 0 Å². The SMILES string of the molecule is CCN(CC)CC1CCCc2cccc(N)c21. The van der Waals surface area contributed by atoms with Gasteiger partial charge in [-0.2, -0.15) is 0 Å². The number of nitrogens with two attached hydrogens (primary N) is 1. The first-order chi connectivity index (χ1) is 8.26. The van der Waals surface area contributed by atoms with Gasteiger partial charge in [-0.15, -0.1) is 0 Å². The van der Waals surface area contributed by atoms with E-state index < -0.39 is 0 Å². The average molecular weight is 232 g/mol. The number of nitrogens with zero attached hydrogens (tertiary/aromatic N) is 1. The lowest BCUT2D eigenvalue weighted by atomic mass is 9.81. The molecule has 1 unspecified atom stereocenters. The summed E-state index contributed by atoms with van der Waals surface area (Å²) < 4.78 is 0. The normalized spacial score (nSPS) is 19.4. The lowest BCUT2D eigenvalue weighted by molar-refractivity contribution is 0.272. The van der Waals surface area contributed by atoms with Crippen LogP contribution in [0, 0.1) is 0 Å². The molecule has 0 fully saturated rings. The molecule has 17 heavy (non-hydrogen) atoms. The molecular weight excluding hydrogens is 208 g/mol. The Morgan fingerprint density at radius 2 is 2.06 bits per heavy atom. The zero-order valence-electron chi connectivity index (χ0n) is 11.1. The minimum Gasteiger partial charge on any atom is -0.398 e. The molecule has 1 aliphatic rings. The van der Waals surface area contributed by atoms with Crippen LogP contribution in [0.3, 0.4) is 0 Å². The standard InChI is InChI=1S/C15H24N2/c1-3-17(4-2)11-13-9-5-7-12-8-6-10-14(16)15(12)13/h6,8,10,13H,3-5,7,9,11,16H2,1-2H3. The van der Waals surface area contributed by atoms with Crippen LogP contribution in [0.25, 0.3) is 0 Å². The molecule has 2 N–H and O–H groups in total. The third-order valence-corrected chi connectivity index (χ3v) is 4.01. The van der Waals surface area contributed by atoms with Gasteiger partial charge < -0.3 is 10.6 Å². The molecule has 2 nitrogen and oxygen atoms in total. The van der Waals surface area contributed by atoms with E-state index in [-0.39, 0.29) is 0 Å². The van der Waals surface area contributed by atoms with E-state index in [4.69, 9.17) is 5.73 Å². The molecule has 1 aromatic carbocycles. The third-order valence-electron chi connectivity index (χ3n) is 4.01. The smallest absolute Gasteiger partial charge is 0.0352 e. The molecule has 0 aliphatic heterocycles. The van der Waals surface area contributed by atoms with E-state index in [1.54, 1.807) is 0 Å². The fourth-order valence-corrected chi connectivity index (χ4v) is 3.01. The van der Waals surface area contributed by atoms with Gasteiger partial charge in [0, 0.05) is 12.2 Å². The fraction of sp³-hybridized carbons (Fsp3) is 0.600. The molecule has 2 rings (SSSR count). The zero-order chi connectivity index (χ0) is 12.3. The maximum atomic E-state index is 6.17. The number of rotatable bonds is 4. The van der Waals surface area contributed by atoms with Gasteiger partial charge in [-0.25, -0.2) is 0 Å². The van der Waals surface area contributed by atoms with Crippen molar-refractivity contribution in [2.45, 2.75) is 39.0 Å². The highest BCUT2D eigenvalue weighted by Gasteiger charge is 2.23. The molecule has 0 amide bonds. The van der Waals surface area contributed by atoms with Crippen LogP contribution >= 0.6 is 0 Å². The highest BCUT2D eigenvalue weighted by Crippen LogP contribution is 2.35. The number of likely N-dealkylation sites (N-methyl/N-ethyl adjacent to an activating group) is 1. The minimum atomic E-state index is 0.639. The van der Waals surface area contributed by atoms with Crippen molar-refractivity contribution in [2.24, 2.45) is 0 Å². The number of nitrogen functional groups attached to an aromatic ring is 1. The van der Waals surface area contributed by atoms with Crippen LogP contribution in [0.15, 0.2) is 18.2 Å². The van der Waals surface area contributed by atoms with Crippen molar-refractivity contribution >= 4 is 5.69 Å². The highest BCUT2D eigenvalue weighted by molar-refractivity contribution is 5.54. The number of aryl methyl sites for hydroxylation is 1. The van der Waals surface area contributed by atoms with Crippen molar-refractivity contribution in [3.8, 4) is 0 Å². The average Bonchev–Trinajstić information content (AvgIpc) is 2.36. The van der Waals surface area contributed by atoms with Crippen molar-refractivity contribution in [3.63, 3.8) is 0 Å². The van der Waals surface area contributed by atoms with Crippen molar-refractivity contribution in [1.29, 1.82) is 0 Å².